The summed E-state index contributed by atoms with van der Waals surface area (Å²) in [5.74, 6) is -0.975. The van der Waals surface area contributed by atoms with E-state index in [0.717, 1.165) is 16.7 Å². The van der Waals surface area contributed by atoms with E-state index in [4.69, 9.17) is 9.47 Å². The lowest BCUT2D eigenvalue weighted by molar-refractivity contribution is -0.129. The molecule has 228 valence electrons. The van der Waals surface area contributed by atoms with E-state index in [-0.39, 0.29) is 32.5 Å². The average Bonchev–Trinajstić information content (AvgIpc) is 2.98. The van der Waals surface area contributed by atoms with Crippen LogP contribution >= 0.6 is 0 Å². The number of rotatable bonds is 13. The molecule has 3 aromatic rings. The van der Waals surface area contributed by atoms with E-state index in [1.54, 1.807) is 20.8 Å². The van der Waals surface area contributed by atoms with Crippen molar-refractivity contribution in [3.8, 4) is 0 Å². The first kappa shape index (κ1) is 32.7. The van der Waals surface area contributed by atoms with Crippen LogP contribution in [0.5, 0.6) is 0 Å². The molecule has 0 aliphatic rings. The summed E-state index contributed by atoms with van der Waals surface area (Å²) in [6.45, 7) is 5.58. The Morgan fingerprint density at radius 2 is 1.07 bits per heavy atom. The molecule has 0 aliphatic carbocycles. The van der Waals surface area contributed by atoms with Gasteiger partial charge in [-0.25, -0.2) is 9.59 Å². The highest BCUT2D eigenvalue weighted by Crippen LogP contribution is 2.09. The average molecular weight is 589 g/mol. The third kappa shape index (κ3) is 12.7. The van der Waals surface area contributed by atoms with Gasteiger partial charge in [-0.3, -0.25) is 9.59 Å². The topological polar surface area (TPSA) is 135 Å². The predicted octanol–water partition coefficient (Wildman–Crippen LogP) is 3.89. The van der Waals surface area contributed by atoms with Crippen LogP contribution in [0.4, 0.5) is 9.59 Å². The van der Waals surface area contributed by atoms with Gasteiger partial charge in [0, 0.05) is 25.9 Å². The molecule has 0 aliphatic heterocycles. The Balaban J connectivity index is 1.67. The van der Waals surface area contributed by atoms with Gasteiger partial charge in [-0.1, -0.05) is 91.0 Å². The van der Waals surface area contributed by atoms with Crippen LogP contribution in [0, 0.1) is 0 Å². The first-order chi connectivity index (χ1) is 20.6. The van der Waals surface area contributed by atoms with Crippen molar-refractivity contribution >= 4 is 24.0 Å². The molecule has 0 bridgehead atoms. The van der Waals surface area contributed by atoms with Crippen LogP contribution in [-0.2, 0) is 38.5 Å². The van der Waals surface area contributed by atoms with E-state index in [1.165, 1.54) is 0 Å². The molecule has 0 fully saturated rings. The normalized spacial score (nSPS) is 12.3. The van der Waals surface area contributed by atoms with Crippen LogP contribution in [0.3, 0.4) is 0 Å². The smallest absolute Gasteiger partial charge is 0.408 e. The Morgan fingerprint density at radius 1 is 0.605 bits per heavy atom. The van der Waals surface area contributed by atoms with Crippen LogP contribution in [0.25, 0.3) is 0 Å². The fraction of sp³-hybridized carbons (Fsp3) is 0.333. The molecule has 0 spiro atoms. The zero-order valence-electron chi connectivity index (χ0n) is 24.8. The second-order valence-electron chi connectivity index (χ2n) is 10.9. The SMILES string of the molecule is CC(C)(C)OC(=O)NCCNC(=O)[C@H](Cc1ccccc1)NC(=O)[C@H](Cc1ccccc1)NC(=O)OCc1ccccc1. The number of carbonyl (C=O) groups excluding carboxylic acids is 4. The summed E-state index contributed by atoms with van der Waals surface area (Å²) in [6.07, 6.45) is -0.942. The lowest BCUT2D eigenvalue weighted by Gasteiger charge is -2.23. The summed E-state index contributed by atoms with van der Waals surface area (Å²) in [4.78, 5) is 51.4. The van der Waals surface area contributed by atoms with Crippen LogP contribution in [0.1, 0.15) is 37.5 Å². The molecule has 4 N–H and O–H groups in total. The van der Waals surface area contributed by atoms with Crippen molar-refractivity contribution in [2.45, 2.75) is 57.9 Å². The number of nitrogens with one attached hydrogen (secondary N) is 4. The van der Waals surface area contributed by atoms with Crippen LogP contribution < -0.4 is 21.3 Å². The molecule has 0 radical (unpaired) electrons. The van der Waals surface area contributed by atoms with Crippen LogP contribution in [-0.4, -0.2) is 54.8 Å². The number of hydrogen-bond acceptors (Lipinski definition) is 6. The molecule has 2 atom stereocenters. The highest BCUT2D eigenvalue weighted by Gasteiger charge is 2.28. The molecule has 0 heterocycles. The van der Waals surface area contributed by atoms with E-state index >= 15 is 0 Å². The molecule has 0 saturated heterocycles. The van der Waals surface area contributed by atoms with E-state index in [9.17, 15) is 19.2 Å². The molecule has 0 unspecified atom stereocenters. The van der Waals surface area contributed by atoms with Crippen LogP contribution in [0.15, 0.2) is 91.0 Å². The Labute approximate surface area is 252 Å². The number of carbonyl (C=O) groups is 4. The minimum absolute atomic E-state index is 0.0444. The van der Waals surface area contributed by atoms with Gasteiger partial charge in [-0.15, -0.1) is 0 Å². The van der Waals surface area contributed by atoms with Gasteiger partial charge in [0.25, 0.3) is 0 Å². The monoisotopic (exact) mass is 588 g/mol. The molecule has 3 aromatic carbocycles. The number of alkyl carbamates (subject to hydrolysis) is 2. The molecular weight excluding hydrogens is 548 g/mol. The van der Waals surface area contributed by atoms with Gasteiger partial charge in [0.2, 0.25) is 11.8 Å². The summed E-state index contributed by atoms with van der Waals surface area (Å²) in [5.41, 5.74) is 1.83. The first-order valence-corrected chi connectivity index (χ1v) is 14.2. The predicted molar refractivity (Wildman–Crippen MR) is 163 cm³/mol. The fourth-order valence-electron chi connectivity index (χ4n) is 4.09. The van der Waals surface area contributed by atoms with Crippen molar-refractivity contribution < 1.29 is 28.7 Å². The van der Waals surface area contributed by atoms with E-state index < -0.39 is 41.7 Å². The molecular formula is C33H40N4O6. The highest BCUT2D eigenvalue weighted by atomic mass is 16.6. The van der Waals surface area contributed by atoms with E-state index in [0.29, 0.717) is 0 Å². The highest BCUT2D eigenvalue weighted by molar-refractivity contribution is 5.91. The van der Waals surface area contributed by atoms with Crippen molar-refractivity contribution in [2.24, 2.45) is 0 Å². The zero-order chi connectivity index (χ0) is 31.1. The zero-order valence-corrected chi connectivity index (χ0v) is 24.8. The Hall–Kier alpha value is -4.86. The van der Waals surface area contributed by atoms with Crippen molar-refractivity contribution in [2.75, 3.05) is 13.1 Å². The van der Waals surface area contributed by atoms with Gasteiger partial charge in [-0.05, 0) is 37.5 Å². The summed E-state index contributed by atoms with van der Waals surface area (Å²) >= 11 is 0. The Bertz CT molecular complexity index is 1310. The van der Waals surface area contributed by atoms with Crippen molar-refractivity contribution in [3.63, 3.8) is 0 Å². The maximum atomic E-state index is 13.6. The number of amides is 4. The van der Waals surface area contributed by atoms with Gasteiger partial charge in [0.05, 0.1) is 0 Å². The molecule has 10 nitrogen and oxygen atoms in total. The van der Waals surface area contributed by atoms with Gasteiger partial charge in [0.1, 0.15) is 24.3 Å². The van der Waals surface area contributed by atoms with Gasteiger partial charge >= 0.3 is 12.2 Å². The molecule has 3 rings (SSSR count). The summed E-state index contributed by atoms with van der Waals surface area (Å²) in [5, 5.41) is 10.8. The van der Waals surface area contributed by atoms with E-state index in [1.807, 2.05) is 91.0 Å². The van der Waals surface area contributed by atoms with Crippen LogP contribution in [0.2, 0.25) is 0 Å². The minimum atomic E-state index is -1.01. The Kier molecular flexibility index (Phi) is 12.6. The third-order valence-electron chi connectivity index (χ3n) is 6.11. The largest absolute Gasteiger partial charge is 0.445 e. The lowest BCUT2D eigenvalue weighted by Crippen LogP contribution is -2.55. The van der Waals surface area contributed by atoms with Crippen molar-refractivity contribution in [3.05, 3.63) is 108 Å². The minimum Gasteiger partial charge on any atom is -0.445 e. The summed E-state index contributed by atoms with van der Waals surface area (Å²) < 4.78 is 10.6. The van der Waals surface area contributed by atoms with Gasteiger partial charge in [0.15, 0.2) is 0 Å². The number of hydrogen-bond donors (Lipinski definition) is 4. The first-order valence-electron chi connectivity index (χ1n) is 14.2. The van der Waals surface area contributed by atoms with Gasteiger partial charge < -0.3 is 30.7 Å². The maximum Gasteiger partial charge on any atom is 0.408 e. The quantitative estimate of drug-likeness (QED) is 0.224. The number of benzene rings is 3. The maximum absolute atomic E-state index is 13.6. The molecule has 4 amide bonds. The summed E-state index contributed by atoms with van der Waals surface area (Å²) in [7, 11) is 0. The second kappa shape index (κ2) is 16.5. The van der Waals surface area contributed by atoms with Gasteiger partial charge in [-0.2, -0.15) is 0 Å². The van der Waals surface area contributed by atoms with Crippen molar-refractivity contribution in [1.82, 2.24) is 21.3 Å². The number of ether oxygens (including phenoxy) is 2. The summed E-state index contributed by atoms with van der Waals surface area (Å²) in [6, 6.07) is 25.8. The standard InChI is InChI=1S/C33H40N4O6/c1-33(2,3)43-31(40)35-20-19-34-29(38)27(21-24-13-7-4-8-14-24)36-30(39)28(22-25-15-9-5-10-16-25)37-32(41)42-23-26-17-11-6-12-18-26/h4-18,27-28H,19-23H2,1-3H3,(H,34,38)(H,35,40)(H,36,39)(H,37,41)/t27-,28-/m0/s1. The Morgan fingerprint density at radius 3 is 1.58 bits per heavy atom. The molecule has 43 heavy (non-hydrogen) atoms. The van der Waals surface area contributed by atoms with Crippen molar-refractivity contribution in [1.29, 1.82) is 0 Å². The molecule has 0 aromatic heterocycles. The lowest BCUT2D eigenvalue weighted by atomic mass is 10.0. The van der Waals surface area contributed by atoms with E-state index in [2.05, 4.69) is 21.3 Å². The molecule has 0 saturated carbocycles. The molecule has 10 heteroatoms. The third-order valence-corrected chi connectivity index (χ3v) is 6.11. The second-order valence-corrected chi connectivity index (χ2v) is 10.9. The fourth-order valence-corrected chi connectivity index (χ4v) is 4.09.